The van der Waals surface area contributed by atoms with Gasteiger partial charge in [-0.15, -0.1) is 23.3 Å². The van der Waals surface area contributed by atoms with Crippen LogP contribution in [0.5, 0.6) is 0 Å². The lowest BCUT2D eigenvalue weighted by molar-refractivity contribution is -0.174. The number of carbonyl (C=O) groups is 3. The first-order chi connectivity index (χ1) is 24.8. The van der Waals surface area contributed by atoms with Crippen LogP contribution in [0.4, 0.5) is 64.7 Å². The van der Waals surface area contributed by atoms with E-state index in [1.165, 1.54) is 13.8 Å². The first-order valence-corrected chi connectivity index (χ1v) is 18.3. The van der Waals surface area contributed by atoms with Crippen LogP contribution >= 0.6 is 23.9 Å². The van der Waals surface area contributed by atoms with Gasteiger partial charge in [-0.2, -0.15) is 9.37 Å². The van der Waals surface area contributed by atoms with Gasteiger partial charge in [-0.25, -0.2) is 36.2 Å². The van der Waals surface area contributed by atoms with Crippen molar-refractivity contribution in [1.29, 1.82) is 0 Å². The first-order valence-electron chi connectivity index (χ1n) is 15.0. The van der Waals surface area contributed by atoms with E-state index in [4.69, 9.17) is 24.0 Å². The predicted molar refractivity (Wildman–Crippen MR) is 182 cm³/mol. The summed E-state index contributed by atoms with van der Waals surface area (Å²) in [6.07, 6.45) is -10.1. The summed E-state index contributed by atoms with van der Waals surface area (Å²) in [5.74, 6) is 0. The Hall–Kier alpha value is -2.38. The fourth-order valence-corrected chi connectivity index (χ4v) is 4.06. The van der Waals surface area contributed by atoms with Crippen molar-refractivity contribution in [3.05, 3.63) is 0 Å². The number of hydrogen-bond donors (Lipinski definition) is 2. The van der Waals surface area contributed by atoms with Crippen LogP contribution in [0.15, 0.2) is 0 Å². The topological polar surface area (TPSA) is 180 Å². The second-order valence-corrected chi connectivity index (χ2v) is 11.5. The zero-order valence-corrected chi connectivity index (χ0v) is 32.2. The molecule has 0 saturated carbocycles. The van der Waals surface area contributed by atoms with Crippen LogP contribution in [0.3, 0.4) is 0 Å². The third-order valence-corrected chi connectivity index (χ3v) is 7.03. The molecule has 3 aliphatic heterocycles. The standard InChI is InChI=1S/C10H17F2NO4.C5H6F2O3.C5H8O5.C4H10F3NS.CH3FOS.CH4.F2S.2FH/c1-3-13(4-2)15-6-8-7(5-9(11)12)16-10(14)17-8;2*6-1-3-4(2-7)10-5(8)9-3;1-3-8(4-2)9(5,6)7;1-4(2)3;;1-3-2;;/h7-9H,3-6H2,1-2H3;3-4H,1-2H2;3-4,6-7H,1-2H2;3-4H2,1-2H3;1H3;1H4;;2*1H. The number of nitrogens with zero attached hydrogens (tertiary/aromatic N) is 2. The number of alkyl halides is 4. The molecule has 7 atom stereocenters. The lowest BCUT2D eigenvalue weighted by Crippen LogP contribution is -2.34. The molecule has 3 saturated heterocycles. The third-order valence-electron chi connectivity index (χ3n) is 5.93. The van der Waals surface area contributed by atoms with Gasteiger partial charge >= 0.3 is 18.5 Å². The van der Waals surface area contributed by atoms with Crippen LogP contribution < -0.4 is 0 Å². The highest BCUT2D eigenvalue weighted by molar-refractivity contribution is 8.18. The van der Waals surface area contributed by atoms with Crippen molar-refractivity contribution in [2.75, 3.05) is 65.6 Å². The molecule has 30 heteroatoms. The molecule has 344 valence electrons. The van der Waals surface area contributed by atoms with E-state index in [1.54, 1.807) is 5.06 Å². The van der Waals surface area contributed by atoms with E-state index in [0.29, 0.717) is 17.4 Å². The Morgan fingerprint density at radius 1 is 0.732 bits per heavy atom. The second kappa shape index (κ2) is 38.2. The van der Waals surface area contributed by atoms with E-state index in [2.05, 4.69) is 23.7 Å². The van der Waals surface area contributed by atoms with Gasteiger partial charge < -0.3 is 38.6 Å². The van der Waals surface area contributed by atoms with Gasteiger partial charge in [-0.1, -0.05) is 35.1 Å². The van der Waals surface area contributed by atoms with E-state index in [1.807, 2.05) is 13.8 Å². The number of rotatable bonds is 14. The molecule has 0 bridgehead atoms. The summed E-state index contributed by atoms with van der Waals surface area (Å²) in [5, 5.41) is 18.7. The number of halogens is 12. The molecule has 15 nitrogen and oxygen atoms in total. The normalized spacial score (nSPS) is 22.4. The average Bonchev–Trinajstić information content (AvgIpc) is 3.76. The Labute approximate surface area is 325 Å². The maximum absolute atomic E-state index is 12.2. The number of cyclic esters (lactones) is 6. The van der Waals surface area contributed by atoms with E-state index < -0.39 is 116 Å². The van der Waals surface area contributed by atoms with Crippen molar-refractivity contribution in [3.8, 4) is 0 Å². The Bertz CT molecular complexity index is 940. The molecule has 0 spiro atoms. The summed E-state index contributed by atoms with van der Waals surface area (Å²) >= 11 is -8.29. The summed E-state index contributed by atoms with van der Waals surface area (Å²) in [6.45, 7) is 5.85. The van der Waals surface area contributed by atoms with Gasteiger partial charge in [0, 0.05) is 38.9 Å². The monoisotopic (exact) mass is 922 g/mol. The van der Waals surface area contributed by atoms with Crippen LogP contribution in [-0.2, 0) is 44.4 Å². The van der Waals surface area contributed by atoms with E-state index in [-0.39, 0.29) is 49.7 Å². The van der Waals surface area contributed by atoms with Crippen LogP contribution in [0, 0.1) is 0 Å². The summed E-state index contributed by atoms with van der Waals surface area (Å²) in [7, 11) is 0. The molecule has 3 aliphatic rings. The highest BCUT2D eigenvalue weighted by atomic mass is 32.3. The van der Waals surface area contributed by atoms with Gasteiger partial charge in [0.25, 0.3) is 23.9 Å². The summed E-state index contributed by atoms with van der Waals surface area (Å²) < 4.78 is 149. The zero-order chi connectivity index (χ0) is 41.7. The number of carbonyl (C=O) groups excluding carboxylic acids is 3. The van der Waals surface area contributed by atoms with Crippen molar-refractivity contribution in [2.24, 2.45) is 0 Å². The molecule has 0 amide bonds. The van der Waals surface area contributed by atoms with Crippen molar-refractivity contribution in [2.45, 2.75) is 84.6 Å². The van der Waals surface area contributed by atoms with Gasteiger partial charge in [0.05, 0.1) is 13.2 Å². The molecule has 0 aromatic carbocycles. The number of aliphatic hydroxyl groups excluding tert-OH is 2. The van der Waals surface area contributed by atoms with Crippen LogP contribution in [0.1, 0.15) is 41.5 Å². The fraction of sp³-hybridized carbons (Fsp3) is 0.885. The first kappa shape index (κ1) is 65.5. The zero-order valence-electron chi connectivity index (χ0n) is 29.7. The molecule has 7 unspecified atom stereocenters. The van der Waals surface area contributed by atoms with Gasteiger partial charge in [0.2, 0.25) is 6.43 Å². The quantitative estimate of drug-likeness (QED) is 0.0603. The SMILES string of the molecule is C.CCN(CC)OCC1OC(=O)OC1CC(F)F.CCN(CC)S(F)(F)F.CS(=O)F.F.F.FSF.O=C1OC(CF)C(CF)O1.O=C1OC(CO)C(CO)O1. The minimum atomic E-state index is -4.93. The second-order valence-electron chi connectivity index (χ2n) is 9.34. The van der Waals surface area contributed by atoms with Crippen LogP contribution in [0.2, 0.25) is 0 Å². The average molecular weight is 923 g/mol. The molecule has 3 heterocycles. The lowest BCUT2D eigenvalue weighted by atomic mass is 10.1. The molecule has 0 aliphatic carbocycles. The molecular weight excluding hydrogens is 872 g/mol. The minimum absolute atomic E-state index is 0. The van der Waals surface area contributed by atoms with Gasteiger partial charge in [-0.05, 0) is 0 Å². The predicted octanol–water partition coefficient (Wildman–Crippen LogP) is 6.90. The van der Waals surface area contributed by atoms with Crippen molar-refractivity contribution in [3.63, 3.8) is 0 Å². The summed E-state index contributed by atoms with van der Waals surface area (Å²) in [5.41, 5.74) is 0. The molecular formula is C26H50F12N2O13S3. The Balaban J connectivity index is -0.000000142. The number of hydroxylamine groups is 2. The van der Waals surface area contributed by atoms with Gasteiger partial charge in [0.15, 0.2) is 47.8 Å². The van der Waals surface area contributed by atoms with Gasteiger partial charge in [0.1, 0.15) is 20.0 Å². The Morgan fingerprint density at radius 3 is 1.27 bits per heavy atom. The van der Waals surface area contributed by atoms with Crippen molar-refractivity contribution >= 4 is 53.6 Å². The molecule has 3 rings (SSSR count). The molecule has 0 aromatic heterocycles. The largest absolute Gasteiger partial charge is 0.509 e. The number of aliphatic hydroxyl groups is 2. The molecule has 0 radical (unpaired) electrons. The van der Waals surface area contributed by atoms with Crippen LogP contribution in [0.25, 0.3) is 0 Å². The highest BCUT2D eigenvalue weighted by Gasteiger charge is 2.39. The Morgan fingerprint density at radius 2 is 1.04 bits per heavy atom. The minimum Gasteiger partial charge on any atom is -0.427 e. The fourth-order valence-electron chi connectivity index (χ4n) is 3.47. The molecule has 0 aromatic rings. The maximum Gasteiger partial charge on any atom is 0.509 e. The number of ether oxygens (including phenoxy) is 6. The molecule has 56 heavy (non-hydrogen) atoms. The molecule has 3 fully saturated rings. The lowest BCUT2D eigenvalue weighted by Gasteiger charge is -2.23. The van der Waals surface area contributed by atoms with Gasteiger partial charge in [-0.3, -0.25) is 14.2 Å². The highest BCUT2D eigenvalue weighted by Crippen LogP contribution is 2.56. The Kier molecular flexibility index (Phi) is 44.6. The summed E-state index contributed by atoms with van der Waals surface area (Å²) in [6, 6.07) is 0. The van der Waals surface area contributed by atoms with Crippen LogP contribution in [-0.4, -0.2) is 151 Å². The van der Waals surface area contributed by atoms with E-state index >= 15 is 0 Å². The maximum atomic E-state index is 12.2. The van der Waals surface area contributed by atoms with Crippen molar-refractivity contribution < 1.29 is 112 Å². The van der Waals surface area contributed by atoms with E-state index in [9.17, 15) is 55.3 Å². The summed E-state index contributed by atoms with van der Waals surface area (Å²) in [4.78, 5) is 36.7. The van der Waals surface area contributed by atoms with Crippen molar-refractivity contribution in [1.82, 2.24) is 9.37 Å². The smallest absolute Gasteiger partial charge is 0.427 e. The number of hydrogen-bond acceptors (Lipinski definition) is 16. The third kappa shape index (κ3) is 31.7. The molecule has 2 N–H and O–H groups in total. The van der Waals surface area contributed by atoms with E-state index in [0.717, 1.165) is 6.26 Å².